The molecule has 0 spiro atoms. The normalized spacial score (nSPS) is 12.6. The molecule has 4 rings (SSSR count). The maximum atomic E-state index is 14.5. The zero-order chi connectivity index (χ0) is 22.9. The van der Waals surface area contributed by atoms with Crippen molar-refractivity contribution in [2.75, 3.05) is 11.9 Å². The standard InChI is InChI=1S/C22H15F4N3O3/c1-2-14-4-5-15(10-16(14)22(24,25)26)32-18-6-3-13(9-17(18)23)12-31-20-11-19-27-7-8-29(19)21(30)28-20/h1,3-6,9-11,27H,7-8,12H2. The van der Waals surface area contributed by atoms with E-state index in [1.165, 1.54) is 22.8 Å². The van der Waals surface area contributed by atoms with Crippen molar-refractivity contribution in [3.63, 3.8) is 0 Å². The van der Waals surface area contributed by atoms with Gasteiger partial charge in [0, 0.05) is 24.7 Å². The molecule has 164 valence electrons. The first-order valence-electron chi connectivity index (χ1n) is 9.37. The highest BCUT2D eigenvalue weighted by Crippen LogP contribution is 2.35. The Morgan fingerprint density at radius 2 is 2.00 bits per heavy atom. The molecular formula is C22H15F4N3O3. The molecule has 0 bridgehead atoms. The second-order valence-corrected chi connectivity index (χ2v) is 6.85. The molecule has 1 N–H and O–H groups in total. The number of fused-ring (bicyclic) bond motifs is 1. The van der Waals surface area contributed by atoms with Gasteiger partial charge in [0.2, 0.25) is 5.88 Å². The predicted octanol–water partition coefficient (Wildman–Crippen LogP) is 4.18. The van der Waals surface area contributed by atoms with E-state index in [9.17, 15) is 22.4 Å². The molecule has 3 aromatic rings. The Morgan fingerprint density at radius 1 is 1.19 bits per heavy atom. The van der Waals surface area contributed by atoms with Crippen LogP contribution in [0.25, 0.3) is 0 Å². The molecule has 2 heterocycles. The maximum absolute atomic E-state index is 14.5. The molecule has 0 aliphatic carbocycles. The van der Waals surface area contributed by atoms with Crippen molar-refractivity contribution < 1.29 is 27.0 Å². The number of alkyl halides is 3. The highest BCUT2D eigenvalue weighted by atomic mass is 19.4. The van der Waals surface area contributed by atoms with Crippen LogP contribution in [0.5, 0.6) is 17.4 Å². The maximum Gasteiger partial charge on any atom is 0.417 e. The third-order valence-electron chi connectivity index (χ3n) is 4.69. The van der Waals surface area contributed by atoms with E-state index in [2.05, 4.69) is 10.3 Å². The molecule has 0 amide bonds. The van der Waals surface area contributed by atoms with Gasteiger partial charge in [0.25, 0.3) is 0 Å². The summed E-state index contributed by atoms with van der Waals surface area (Å²) in [6.07, 6.45) is 0.431. The number of anilines is 1. The van der Waals surface area contributed by atoms with Crippen molar-refractivity contribution in [1.82, 2.24) is 9.55 Å². The summed E-state index contributed by atoms with van der Waals surface area (Å²) < 4.78 is 66.1. The van der Waals surface area contributed by atoms with Gasteiger partial charge in [-0.3, -0.25) is 4.57 Å². The van der Waals surface area contributed by atoms with E-state index >= 15 is 0 Å². The number of ether oxygens (including phenoxy) is 2. The number of aromatic nitrogens is 2. The fourth-order valence-corrected chi connectivity index (χ4v) is 3.17. The van der Waals surface area contributed by atoms with Crippen LogP contribution in [0.4, 0.5) is 23.4 Å². The lowest BCUT2D eigenvalue weighted by Crippen LogP contribution is -2.21. The fraction of sp³-hybridized carbons (Fsp3) is 0.182. The second kappa shape index (κ2) is 8.26. The first-order chi connectivity index (χ1) is 15.2. The van der Waals surface area contributed by atoms with Crippen LogP contribution in [0.2, 0.25) is 0 Å². The van der Waals surface area contributed by atoms with Gasteiger partial charge >= 0.3 is 11.9 Å². The topological polar surface area (TPSA) is 65.4 Å². The number of benzene rings is 2. The smallest absolute Gasteiger partial charge is 0.417 e. The number of nitrogens with one attached hydrogen (secondary N) is 1. The van der Waals surface area contributed by atoms with Crippen LogP contribution in [0.3, 0.4) is 0 Å². The van der Waals surface area contributed by atoms with E-state index in [1.807, 2.05) is 5.92 Å². The number of terminal acetylenes is 1. The monoisotopic (exact) mass is 445 g/mol. The van der Waals surface area contributed by atoms with E-state index in [0.717, 1.165) is 18.2 Å². The van der Waals surface area contributed by atoms with Gasteiger partial charge in [-0.25, -0.2) is 9.18 Å². The van der Waals surface area contributed by atoms with Gasteiger partial charge < -0.3 is 14.8 Å². The number of halogens is 4. The Hall–Kier alpha value is -4.00. The number of hydrogen-bond donors (Lipinski definition) is 1. The van der Waals surface area contributed by atoms with E-state index in [0.29, 0.717) is 24.5 Å². The minimum absolute atomic E-state index is 0.0812. The summed E-state index contributed by atoms with van der Waals surface area (Å²) in [5.41, 5.74) is -1.43. The Kier molecular flexibility index (Phi) is 5.48. The molecule has 0 saturated carbocycles. The molecule has 0 radical (unpaired) electrons. The lowest BCUT2D eigenvalue weighted by molar-refractivity contribution is -0.137. The molecule has 0 atom stereocenters. The number of nitrogens with zero attached hydrogens (tertiary/aromatic N) is 2. The van der Waals surface area contributed by atoms with E-state index in [1.54, 1.807) is 6.07 Å². The molecule has 1 aliphatic heterocycles. The summed E-state index contributed by atoms with van der Waals surface area (Å²) in [5.74, 6) is 1.35. The Morgan fingerprint density at radius 3 is 2.72 bits per heavy atom. The minimum atomic E-state index is -4.68. The first kappa shape index (κ1) is 21.2. The molecule has 1 aromatic heterocycles. The lowest BCUT2D eigenvalue weighted by Gasteiger charge is -2.13. The predicted molar refractivity (Wildman–Crippen MR) is 107 cm³/mol. The van der Waals surface area contributed by atoms with Gasteiger partial charge in [-0.15, -0.1) is 6.42 Å². The molecule has 6 nitrogen and oxygen atoms in total. The fourth-order valence-electron chi connectivity index (χ4n) is 3.17. The van der Waals surface area contributed by atoms with Crippen LogP contribution in [0.1, 0.15) is 16.7 Å². The van der Waals surface area contributed by atoms with Crippen LogP contribution in [0, 0.1) is 18.2 Å². The molecule has 1 aliphatic rings. The van der Waals surface area contributed by atoms with Crippen molar-refractivity contribution in [3.8, 4) is 29.7 Å². The van der Waals surface area contributed by atoms with Crippen LogP contribution in [-0.2, 0) is 19.3 Å². The van der Waals surface area contributed by atoms with E-state index in [4.69, 9.17) is 15.9 Å². The summed E-state index contributed by atoms with van der Waals surface area (Å²) in [6, 6.07) is 8.47. The number of rotatable bonds is 5. The van der Waals surface area contributed by atoms with Crippen LogP contribution in [-0.4, -0.2) is 16.1 Å². The molecule has 10 heteroatoms. The van der Waals surface area contributed by atoms with Gasteiger partial charge in [0.1, 0.15) is 18.2 Å². The summed E-state index contributed by atoms with van der Waals surface area (Å²) in [5, 5.41) is 3.02. The zero-order valence-corrected chi connectivity index (χ0v) is 16.4. The second-order valence-electron chi connectivity index (χ2n) is 6.85. The van der Waals surface area contributed by atoms with Crippen molar-refractivity contribution in [2.45, 2.75) is 19.3 Å². The van der Waals surface area contributed by atoms with Gasteiger partial charge in [-0.2, -0.15) is 18.2 Å². The average molecular weight is 445 g/mol. The van der Waals surface area contributed by atoms with Crippen molar-refractivity contribution >= 4 is 5.82 Å². The molecule has 0 saturated heterocycles. The van der Waals surface area contributed by atoms with Crippen LogP contribution < -0.4 is 20.5 Å². The van der Waals surface area contributed by atoms with Gasteiger partial charge in [0.15, 0.2) is 11.6 Å². The van der Waals surface area contributed by atoms with E-state index < -0.39 is 23.2 Å². The molecular weight excluding hydrogens is 430 g/mol. The van der Waals surface area contributed by atoms with Crippen LogP contribution in [0.15, 0.2) is 47.3 Å². The Balaban J connectivity index is 1.48. The van der Waals surface area contributed by atoms with Gasteiger partial charge in [-0.05, 0) is 35.9 Å². The quantitative estimate of drug-likeness (QED) is 0.472. The molecule has 0 fully saturated rings. The zero-order valence-electron chi connectivity index (χ0n) is 16.4. The number of hydrogen-bond acceptors (Lipinski definition) is 5. The Labute approximate surface area is 179 Å². The summed E-state index contributed by atoms with van der Waals surface area (Å²) in [4.78, 5) is 15.7. The van der Waals surface area contributed by atoms with Crippen molar-refractivity contribution in [3.05, 3.63) is 75.5 Å². The van der Waals surface area contributed by atoms with E-state index in [-0.39, 0.29) is 29.5 Å². The largest absolute Gasteiger partial charge is 0.473 e. The third kappa shape index (κ3) is 4.37. The summed E-state index contributed by atoms with van der Waals surface area (Å²) >= 11 is 0. The highest BCUT2D eigenvalue weighted by molar-refractivity contribution is 5.47. The third-order valence-corrected chi connectivity index (χ3v) is 4.69. The first-order valence-corrected chi connectivity index (χ1v) is 9.37. The van der Waals surface area contributed by atoms with Gasteiger partial charge in [-0.1, -0.05) is 12.0 Å². The summed E-state index contributed by atoms with van der Waals surface area (Å²) in [7, 11) is 0. The van der Waals surface area contributed by atoms with Crippen molar-refractivity contribution in [2.24, 2.45) is 0 Å². The molecule has 0 unspecified atom stereocenters. The molecule has 2 aromatic carbocycles. The highest BCUT2D eigenvalue weighted by Gasteiger charge is 2.33. The average Bonchev–Trinajstić information content (AvgIpc) is 3.23. The lowest BCUT2D eigenvalue weighted by atomic mass is 10.1. The molecule has 32 heavy (non-hydrogen) atoms. The van der Waals surface area contributed by atoms with Gasteiger partial charge in [0.05, 0.1) is 5.56 Å². The Bertz CT molecular complexity index is 1280. The SMILES string of the molecule is C#Cc1ccc(Oc2ccc(COc3cc4n(c(=O)n3)CCN4)cc2F)cc1C(F)(F)F. The van der Waals surface area contributed by atoms with Crippen LogP contribution >= 0.6 is 0 Å². The summed E-state index contributed by atoms with van der Waals surface area (Å²) in [6.45, 7) is 1.05. The minimum Gasteiger partial charge on any atom is -0.473 e. The van der Waals surface area contributed by atoms with Crippen molar-refractivity contribution in [1.29, 1.82) is 0 Å².